The van der Waals surface area contributed by atoms with Crippen LogP contribution in [0.2, 0.25) is 0 Å². The van der Waals surface area contributed by atoms with Gasteiger partial charge >= 0.3 is 5.97 Å². The van der Waals surface area contributed by atoms with E-state index in [9.17, 15) is 4.79 Å². The molecular weight excluding hydrogens is 460 g/mol. The van der Waals surface area contributed by atoms with Crippen LogP contribution in [0.25, 0.3) is 22.5 Å². The number of cyclic esters (lactones) is 1. The van der Waals surface area contributed by atoms with E-state index >= 15 is 0 Å². The first-order chi connectivity index (χ1) is 17.5. The summed E-state index contributed by atoms with van der Waals surface area (Å²) in [5.74, 6) is 0.267. The first kappa shape index (κ1) is 25.0. The molecule has 4 aromatic rings. The molecule has 0 radical (unpaired) electrons. The second-order valence-electron chi connectivity index (χ2n) is 11.2. The number of hydrogen-bond acceptors (Lipinski definition) is 4. The van der Waals surface area contributed by atoms with E-state index in [-0.39, 0.29) is 0 Å². The van der Waals surface area contributed by atoms with Gasteiger partial charge in [-0.2, -0.15) is 0 Å². The minimum Gasteiger partial charge on any atom is -0.463 e. The highest BCUT2D eigenvalue weighted by molar-refractivity contribution is 5.94. The summed E-state index contributed by atoms with van der Waals surface area (Å²) >= 11 is 0. The van der Waals surface area contributed by atoms with E-state index in [1.54, 1.807) is 6.26 Å². The Morgan fingerprint density at radius 2 is 1.35 bits per heavy atom. The third kappa shape index (κ3) is 4.19. The molecule has 0 spiro atoms. The zero-order chi connectivity index (χ0) is 26.5. The van der Waals surface area contributed by atoms with Gasteiger partial charge in [-0.05, 0) is 67.1 Å². The third-order valence-corrected chi connectivity index (χ3v) is 7.41. The van der Waals surface area contributed by atoms with Crippen molar-refractivity contribution in [2.75, 3.05) is 0 Å². The van der Waals surface area contributed by atoms with Crippen molar-refractivity contribution in [1.29, 1.82) is 0 Å². The molecule has 5 rings (SSSR count). The maximum atomic E-state index is 13.9. The summed E-state index contributed by atoms with van der Waals surface area (Å²) < 4.78 is 18.9. The monoisotopic (exact) mass is 494 g/mol. The van der Waals surface area contributed by atoms with Gasteiger partial charge in [0.2, 0.25) is 11.9 Å². The number of carbonyl (C=O) groups is 1. The van der Waals surface area contributed by atoms with Crippen molar-refractivity contribution in [3.8, 4) is 22.5 Å². The lowest BCUT2D eigenvalue weighted by atomic mass is 9.82. The summed E-state index contributed by atoms with van der Waals surface area (Å²) in [6.07, 6.45) is 0.960. The zero-order valence-electron chi connectivity index (χ0n) is 22.6. The minimum absolute atomic E-state index is 0.409. The molecule has 1 aliphatic heterocycles. The number of aryl methyl sites for hydroxylation is 4. The standard InChI is InChI=1S/C33H34O4/c1-20-13-15-24(17-22(20)3)28-27(19-35-29(28)25-16-14-21(2)23(4)18-25)33(26-11-9-8-10-12-26)30(34)36-31(37-33)32(5,6)7/h8-19,31H,1-7H3/t31-,33-/m1/s1. The summed E-state index contributed by atoms with van der Waals surface area (Å²) in [5.41, 5.74) is 6.97. The quantitative estimate of drug-likeness (QED) is 0.269. The molecule has 0 unspecified atom stereocenters. The Labute approximate surface area is 219 Å². The summed E-state index contributed by atoms with van der Waals surface area (Å²) in [6.45, 7) is 14.4. The van der Waals surface area contributed by atoms with Crippen molar-refractivity contribution < 1.29 is 18.7 Å². The first-order valence-corrected chi connectivity index (χ1v) is 12.7. The van der Waals surface area contributed by atoms with Gasteiger partial charge < -0.3 is 13.9 Å². The maximum Gasteiger partial charge on any atom is 0.350 e. The van der Waals surface area contributed by atoms with E-state index in [2.05, 4.69) is 64.1 Å². The van der Waals surface area contributed by atoms with E-state index in [1.165, 1.54) is 16.7 Å². The van der Waals surface area contributed by atoms with Gasteiger partial charge in [-0.15, -0.1) is 0 Å². The normalized spacial score (nSPS) is 19.8. The highest BCUT2D eigenvalue weighted by Crippen LogP contribution is 2.51. The Bertz CT molecular complexity index is 1470. The Hall–Kier alpha value is -3.63. The van der Waals surface area contributed by atoms with Crippen LogP contribution in [0.15, 0.2) is 77.4 Å². The van der Waals surface area contributed by atoms with Crippen molar-refractivity contribution in [3.05, 3.63) is 106 Å². The van der Waals surface area contributed by atoms with Crippen molar-refractivity contribution in [2.24, 2.45) is 5.41 Å². The predicted molar refractivity (Wildman–Crippen MR) is 146 cm³/mol. The van der Waals surface area contributed by atoms with Crippen LogP contribution in [0.3, 0.4) is 0 Å². The Morgan fingerprint density at radius 1 is 0.757 bits per heavy atom. The van der Waals surface area contributed by atoms with Crippen molar-refractivity contribution in [3.63, 3.8) is 0 Å². The van der Waals surface area contributed by atoms with Gasteiger partial charge in [0.05, 0.1) is 6.26 Å². The van der Waals surface area contributed by atoms with E-state index in [0.717, 1.165) is 22.3 Å². The van der Waals surface area contributed by atoms with Gasteiger partial charge in [0.1, 0.15) is 5.76 Å². The van der Waals surface area contributed by atoms with Gasteiger partial charge in [0.25, 0.3) is 0 Å². The molecule has 3 aromatic carbocycles. The average molecular weight is 495 g/mol. The molecule has 0 amide bonds. The van der Waals surface area contributed by atoms with Crippen LogP contribution in [0.5, 0.6) is 0 Å². The van der Waals surface area contributed by atoms with Crippen LogP contribution in [-0.4, -0.2) is 12.3 Å². The summed E-state index contributed by atoms with van der Waals surface area (Å²) in [4.78, 5) is 13.9. The largest absolute Gasteiger partial charge is 0.463 e. The highest BCUT2D eigenvalue weighted by Gasteiger charge is 2.57. The van der Waals surface area contributed by atoms with Gasteiger partial charge in [0, 0.05) is 22.1 Å². The molecule has 4 nitrogen and oxygen atoms in total. The van der Waals surface area contributed by atoms with Gasteiger partial charge in [-0.25, -0.2) is 4.79 Å². The molecule has 2 heterocycles. The van der Waals surface area contributed by atoms with Crippen LogP contribution in [0.1, 0.15) is 54.2 Å². The molecule has 2 atom stereocenters. The Kier molecular flexibility index (Phi) is 6.12. The molecule has 1 saturated heterocycles. The lowest BCUT2D eigenvalue weighted by molar-refractivity contribution is -0.155. The number of esters is 1. The Morgan fingerprint density at radius 3 is 1.92 bits per heavy atom. The van der Waals surface area contributed by atoms with E-state index in [4.69, 9.17) is 13.9 Å². The SMILES string of the molecule is Cc1ccc(-c2occ([C@@]3(c4ccccc4)O[C@H](C(C)(C)C)OC3=O)c2-c2ccc(C)c(C)c2)cc1C. The molecule has 0 N–H and O–H groups in total. The highest BCUT2D eigenvalue weighted by atomic mass is 16.8. The molecule has 1 aromatic heterocycles. The molecule has 4 heteroatoms. The predicted octanol–water partition coefficient (Wildman–Crippen LogP) is 8.04. The van der Waals surface area contributed by atoms with Crippen LogP contribution < -0.4 is 0 Å². The summed E-state index contributed by atoms with van der Waals surface area (Å²) in [7, 11) is 0. The molecule has 1 fully saturated rings. The molecule has 1 aliphatic rings. The third-order valence-electron chi connectivity index (χ3n) is 7.41. The van der Waals surface area contributed by atoms with Crippen LogP contribution in [-0.2, 0) is 19.9 Å². The van der Waals surface area contributed by atoms with Crippen LogP contribution in [0.4, 0.5) is 0 Å². The average Bonchev–Trinajstić information content (AvgIpc) is 3.45. The number of hydrogen-bond donors (Lipinski definition) is 0. The van der Waals surface area contributed by atoms with E-state index in [1.807, 2.05) is 51.1 Å². The molecule has 0 aliphatic carbocycles. The zero-order valence-corrected chi connectivity index (χ0v) is 22.6. The van der Waals surface area contributed by atoms with E-state index in [0.29, 0.717) is 16.9 Å². The second kappa shape index (κ2) is 9.04. The fraction of sp³-hybridized carbons (Fsp3) is 0.303. The smallest absolute Gasteiger partial charge is 0.350 e. The van der Waals surface area contributed by atoms with Crippen LogP contribution in [0, 0.1) is 33.1 Å². The number of rotatable bonds is 4. The lowest BCUT2D eigenvalue weighted by Gasteiger charge is -2.29. The fourth-order valence-electron chi connectivity index (χ4n) is 4.85. The molecule has 0 bridgehead atoms. The number of carbonyl (C=O) groups excluding carboxylic acids is 1. The maximum absolute atomic E-state index is 13.9. The second-order valence-corrected chi connectivity index (χ2v) is 11.2. The van der Waals surface area contributed by atoms with Gasteiger partial charge in [-0.3, -0.25) is 0 Å². The Balaban J connectivity index is 1.83. The number of benzene rings is 3. The number of furan rings is 1. The molecule has 0 saturated carbocycles. The van der Waals surface area contributed by atoms with Gasteiger partial charge in [0.15, 0.2) is 0 Å². The summed E-state index contributed by atoms with van der Waals surface area (Å²) in [5, 5.41) is 0. The minimum atomic E-state index is -1.46. The van der Waals surface area contributed by atoms with E-state index < -0.39 is 23.3 Å². The summed E-state index contributed by atoms with van der Waals surface area (Å²) in [6, 6.07) is 22.2. The molecule has 37 heavy (non-hydrogen) atoms. The van der Waals surface area contributed by atoms with Gasteiger partial charge in [-0.1, -0.05) is 81.4 Å². The fourth-order valence-corrected chi connectivity index (χ4v) is 4.85. The van der Waals surface area contributed by atoms with Crippen molar-refractivity contribution in [2.45, 2.75) is 60.4 Å². The number of ether oxygens (including phenoxy) is 2. The van der Waals surface area contributed by atoms with Crippen LogP contribution >= 0.6 is 0 Å². The topological polar surface area (TPSA) is 48.7 Å². The first-order valence-electron chi connectivity index (χ1n) is 12.7. The van der Waals surface area contributed by atoms with Crippen molar-refractivity contribution >= 4 is 5.97 Å². The van der Waals surface area contributed by atoms with Crippen molar-refractivity contribution in [1.82, 2.24) is 0 Å². The lowest BCUT2D eigenvalue weighted by Crippen LogP contribution is -2.36. The molecule has 190 valence electrons. The molecular formula is C33H34O4.